The highest BCUT2D eigenvalue weighted by atomic mass is 32.1. The zero-order chi connectivity index (χ0) is 24.9. The van der Waals surface area contributed by atoms with Crippen LogP contribution in [0.2, 0.25) is 0 Å². The van der Waals surface area contributed by atoms with Crippen molar-refractivity contribution >= 4 is 41.4 Å². The molecule has 0 radical (unpaired) electrons. The third-order valence-electron chi connectivity index (χ3n) is 6.33. The number of rotatable bonds is 5. The molecular formula is C28H25BF2N2S2. The van der Waals surface area contributed by atoms with E-state index in [1.54, 1.807) is 11.3 Å². The zero-order valence-corrected chi connectivity index (χ0v) is 22.0. The Morgan fingerprint density at radius 3 is 2.06 bits per heavy atom. The summed E-state index contributed by atoms with van der Waals surface area (Å²) in [6, 6.07) is 14.0. The quantitative estimate of drug-likeness (QED) is 0.244. The van der Waals surface area contributed by atoms with Crippen molar-refractivity contribution in [3.63, 3.8) is 0 Å². The molecular weight excluding hydrogens is 477 g/mol. The van der Waals surface area contributed by atoms with E-state index in [1.807, 2.05) is 74.9 Å². The van der Waals surface area contributed by atoms with Crippen molar-refractivity contribution < 1.29 is 8.63 Å². The van der Waals surface area contributed by atoms with E-state index in [1.165, 1.54) is 15.8 Å². The summed E-state index contributed by atoms with van der Waals surface area (Å²) in [6.45, 7) is 10.1. The fraction of sp³-hybridized carbons (Fsp3) is 0.179. The molecule has 0 bridgehead atoms. The first-order chi connectivity index (χ1) is 16.8. The fourth-order valence-electron chi connectivity index (χ4n) is 5.04. The van der Waals surface area contributed by atoms with E-state index in [4.69, 9.17) is 4.99 Å². The third-order valence-corrected chi connectivity index (χ3v) is 8.08. The predicted octanol–water partition coefficient (Wildman–Crippen LogP) is 8.49. The van der Waals surface area contributed by atoms with Crippen LogP contribution >= 0.6 is 22.7 Å². The number of halogens is 2. The lowest BCUT2D eigenvalue weighted by Crippen LogP contribution is -2.18. The number of allylic oxidation sites excluding steroid dienone is 2. The highest BCUT2D eigenvalue weighted by Gasteiger charge is 2.31. The number of aromatic nitrogens is 1. The number of hydrogen-bond donors (Lipinski definition) is 0. The minimum absolute atomic E-state index is 0.492. The van der Waals surface area contributed by atoms with Crippen molar-refractivity contribution in [1.29, 1.82) is 0 Å². The number of benzene rings is 1. The monoisotopic (exact) mass is 502 g/mol. The summed E-state index contributed by atoms with van der Waals surface area (Å²) in [5, 5.41) is 3.95. The van der Waals surface area contributed by atoms with Crippen molar-refractivity contribution in [3.8, 4) is 10.6 Å². The average molecular weight is 502 g/mol. The van der Waals surface area contributed by atoms with Gasteiger partial charge >= 0.3 is 7.40 Å². The molecule has 0 fully saturated rings. The molecule has 0 saturated carbocycles. The van der Waals surface area contributed by atoms with Gasteiger partial charge in [-0.2, -0.15) is 0 Å². The summed E-state index contributed by atoms with van der Waals surface area (Å²) in [4.78, 5) is 6.93. The van der Waals surface area contributed by atoms with Gasteiger partial charge in [0.25, 0.3) is 0 Å². The van der Waals surface area contributed by atoms with E-state index in [0.717, 1.165) is 60.1 Å². The van der Waals surface area contributed by atoms with Crippen LogP contribution in [0.15, 0.2) is 75.6 Å². The second-order valence-corrected chi connectivity index (χ2v) is 10.9. The molecule has 35 heavy (non-hydrogen) atoms. The highest BCUT2D eigenvalue weighted by Crippen LogP contribution is 2.41. The van der Waals surface area contributed by atoms with E-state index in [9.17, 15) is 8.63 Å². The van der Waals surface area contributed by atoms with Gasteiger partial charge in [-0.05, 0) is 97.5 Å². The molecule has 0 atom stereocenters. The van der Waals surface area contributed by atoms with Crippen molar-refractivity contribution in [2.45, 2.75) is 34.6 Å². The van der Waals surface area contributed by atoms with Crippen molar-refractivity contribution in [3.05, 3.63) is 109 Å². The second-order valence-electron chi connectivity index (χ2n) is 8.99. The molecule has 4 aromatic rings. The smallest absolute Gasteiger partial charge is 0.324 e. The van der Waals surface area contributed by atoms with Gasteiger partial charge in [-0.15, -0.1) is 22.7 Å². The third kappa shape index (κ3) is 4.17. The number of aryl methyl sites for hydroxylation is 4. The van der Waals surface area contributed by atoms with Crippen molar-refractivity contribution in [1.82, 2.24) is 4.48 Å². The summed E-state index contributed by atoms with van der Waals surface area (Å²) in [6.07, 6.45) is 2.03. The second kappa shape index (κ2) is 9.21. The molecule has 3 aromatic heterocycles. The first kappa shape index (κ1) is 23.7. The standard InChI is InChI=1S/C28H25BF2N2S2/c1-16-12-17(2)25(18(3)13-16)26(21-14-19(4)27(32-21)23-8-6-10-34-23)22-15-20(5)28(33(22)29(30)31)24-9-7-11-35-24/h6-15H,1-5H3/b26-21+. The summed E-state index contributed by atoms with van der Waals surface area (Å²) < 4.78 is 30.8. The lowest BCUT2D eigenvalue weighted by molar-refractivity contribution is 0.630. The maximum Gasteiger partial charge on any atom is 0.678 e. The molecule has 0 spiro atoms. The van der Waals surface area contributed by atoms with Gasteiger partial charge in [-0.1, -0.05) is 29.8 Å². The predicted molar refractivity (Wildman–Crippen MR) is 147 cm³/mol. The molecule has 0 unspecified atom stereocenters. The SMILES string of the molecule is CC1=C/C(=C(\c2c(C)cc(C)cc2C)c2cc(C)c(-c3cccs3)n2B(F)F)N=C1c1cccs1. The normalized spacial score (nSPS) is 14.8. The largest absolute Gasteiger partial charge is 0.678 e. The summed E-state index contributed by atoms with van der Waals surface area (Å²) in [5.74, 6) is 0. The molecule has 4 heterocycles. The molecule has 0 saturated heterocycles. The highest BCUT2D eigenvalue weighted by molar-refractivity contribution is 7.13. The molecule has 1 aliphatic rings. The van der Waals surface area contributed by atoms with Crippen molar-refractivity contribution in [2.75, 3.05) is 0 Å². The fourth-order valence-corrected chi connectivity index (χ4v) is 6.65. The van der Waals surface area contributed by atoms with Crippen LogP contribution in [0.5, 0.6) is 0 Å². The minimum Gasteiger partial charge on any atom is -0.324 e. The van der Waals surface area contributed by atoms with Gasteiger partial charge < -0.3 is 4.48 Å². The molecule has 0 amide bonds. The van der Waals surface area contributed by atoms with Crippen LogP contribution in [0.1, 0.15) is 45.3 Å². The van der Waals surface area contributed by atoms with E-state index in [-0.39, 0.29) is 0 Å². The van der Waals surface area contributed by atoms with Gasteiger partial charge in [-0.25, -0.2) is 4.99 Å². The Kier molecular flexibility index (Phi) is 6.24. The molecule has 5 rings (SSSR count). The number of aliphatic imine (C=N–C) groups is 1. The van der Waals surface area contributed by atoms with Gasteiger partial charge in [0.2, 0.25) is 0 Å². The molecule has 7 heteroatoms. The van der Waals surface area contributed by atoms with Gasteiger partial charge in [-0.3, -0.25) is 8.63 Å². The Morgan fingerprint density at radius 2 is 1.49 bits per heavy atom. The maximum absolute atomic E-state index is 14.8. The molecule has 0 aliphatic carbocycles. The van der Waals surface area contributed by atoms with Crippen LogP contribution in [0.25, 0.3) is 16.1 Å². The topological polar surface area (TPSA) is 17.3 Å². The van der Waals surface area contributed by atoms with Crippen LogP contribution in [-0.2, 0) is 0 Å². The Hall–Kier alpha value is -3.03. The lowest BCUT2D eigenvalue weighted by atomic mass is 9.89. The van der Waals surface area contributed by atoms with Crippen LogP contribution in [-0.4, -0.2) is 17.6 Å². The maximum atomic E-state index is 14.8. The molecule has 2 nitrogen and oxygen atoms in total. The lowest BCUT2D eigenvalue weighted by Gasteiger charge is -2.19. The summed E-state index contributed by atoms with van der Waals surface area (Å²) >= 11 is 3.11. The average Bonchev–Trinajstić information content (AvgIpc) is 3.57. The van der Waals surface area contributed by atoms with Gasteiger partial charge in [0.05, 0.1) is 22.0 Å². The van der Waals surface area contributed by atoms with Crippen LogP contribution in [0, 0.1) is 27.7 Å². The Morgan fingerprint density at radius 1 is 0.857 bits per heavy atom. The minimum atomic E-state index is -2.69. The van der Waals surface area contributed by atoms with Crippen LogP contribution in [0.4, 0.5) is 8.63 Å². The van der Waals surface area contributed by atoms with Crippen molar-refractivity contribution in [2.24, 2.45) is 4.99 Å². The van der Waals surface area contributed by atoms with Crippen LogP contribution < -0.4 is 0 Å². The summed E-state index contributed by atoms with van der Waals surface area (Å²) in [5.41, 5.74) is 9.49. The van der Waals surface area contributed by atoms with Gasteiger partial charge in [0, 0.05) is 16.1 Å². The van der Waals surface area contributed by atoms with Gasteiger partial charge in [0.15, 0.2) is 0 Å². The first-order valence-corrected chi connectivity index (χ1v) is 13.2. The first-order valence-electron chi connectivity index (χ1n) is 11.4. The van der Waals surface area contributed by atoms with E-state index < -0.39 is 7.40 Å². The Bertz CT molecular complexity index is 1480. The summed E-state index contributed by atoms with van der Waals surface area (Å²) in [7, 11) is -2.69. The Balaban J connectivity index is 1.87. The zero-order valence-electron chi connectivity index (χ0n) is 20.3. The molecule has 1 aliphatic heterocycles. The van der Waals surface area contributed by atoms with E-state index in [2.05, 4.69) is 19.1 Å². The molecule has 1 aromatic carbocycles. The number of nitrogens with zero attached hydrogens (tertiary/aromatic N) is 2. The molecule has 0 N–H and O–H groups in total. The number of hydrogen-bond acceptors (Lipinski definition) is 3. The van der Waals surface area contributed by atoms with E-state index >= 15 is 0 Å². The van der Waals surface area contributed by atoms with E-state index in [0.29, 0.717) is 11.4 Å². The molecule has 176 valence electrons. The van der Waals surface area contributed by atoms with Gasteiger partial charge in [0.1, 0.15) is 0 Å². The Labute approximate surface area is 213 Å². The number of thiophene rings is 2. The van der Waals surface area contributed by atoms with Crippen LogP contribution in [0.3, 0.4) is 0 Å².